The van der Waals surface area contributed by atoms with E-state index in [2.05, 4.69) is 57.9 Å². The fraction of sp³-hybridized carbons (Fsp3) is 0.0476. The SMILES string of the molecule is C=Nc1ccc(N(c2ccc(N=C)cc2)c2ccc(NC)cc2)cc1. The van der Waals surface area contributed by atoms with Crippen LogP contribution in [0, 0.1) is 0 Å². The Morgan fingerprint density at radius 2 is 1.00 bits per heavy atom. The lowest BCUT2D eigenvalue weighted by Gasteiger charge is -2.25. The highest BCUT2D eigenvalue weighted by Gasteiger charge is 2.12. The third kappa shape index (κ3) is 3.58. The molecule has 1 N–H and O–H groups in total. The summed E-state index contributed by atoms with van der Waals surface area (Å²) in [6.07, 6.45) is 0. The summed E-state index contributed by atoms with van der Waals surface area (Å²) in [5.41, 5.74) is 5.92. The lowest BCUT2D eigenvalue weighted by Crippen LogP contribution is -2.09. The Kier molecular flexibility index (Phi) is 4.90. The molecular weight excluding hydrogens is 308 g/mol. The molecule has 0 aliphatic heterocycles. The van der Waals surface area contributed by atoms with Crippen molar-refractivity contribution in [1.29, 1.82) is 0 Å². The lowest BCUT2D eigenvalue weighted by atomic mass is 10.1. The van der Waals surface area contributed by atoms with Gasteiger partial charge in [0.1, 0.15) is 0 Å². The van der Waals surface area contributed by atoms with Crippen LogP contribution in [0.3, 0.4) is 0 Å². The molecule has 0 atom stereocenters. The predicted molar refractivity (Wildman–Crippen MR) is 109 cm³/mol. The molecule has 0 spiro atoms. The summed E-state index contributed by atoms with van der Waals surface area (Å²) < 4.78 is 0. The molecule has 124 valence electrons. The van der Waals surface area contributed by atoms with Gasteiger partial charge in [0.2, 0.25) is 0 Å². The van der Waals surface area contributed by atoms with Gasteiger partial charge in [-0.2, -0.15) is 0 Å². The van der Waals surface area contributed by atoms with Crippen LogP contribution in [0.1, 0.15) is 0 Å². The molecule has 0 radical (unpaired) electrons. The Bertz CT molecular complexity index is 798. The van der Waals surface area contributed by atoms with Crippen molar-refractivity contribution in [2.45, 2.75) is 0 Å². The van der Waals surface area contributed by atoms with Gasteiger partial charge in [-0.25, -0.2) is 0 Å². The molecule has 0 fully saturated rings. The molecule has 4 heteroatoms. The van der Waals surface area contributed by atoms with Crippen molar-refractivity contribution in [2.75, 3.05) is 17.3 Å². The summed E-state index contributed by atoms with van der Waals surface area (Å²) in [6.45, 7) is 7.15. The molecule has 3 rings (SSSR count). The van der Waals surface area contributed by atoms with Gasteiger partial charge in [-0.05, 0) is 86.2 Å². The first-order valence-electron chi connectivity index (χ1n) is 7.96. The van der Waals surface area contributed by atoms with Crippen molar-refractivity contribution < 1.29 is 0 Å². The molecule has 0 saturated heterocycles. The van der Waals surface area contributed by atoms with Gasteiger partial charge in [0.15, 0.2) is 0 Å². The maximum Gasteiger partial charge on any atom is 0.0623 e. The van der Waals surface area contributed by atoms with Crippen LogP contribution in [0.4, 0.5) is 34.1 Å². The molecule has 0 aliphatic rings. The smallest absolute Gasteiger partial charge is 0.0623 e. The van der Waals surface area contributed by atoms with E-state index in [4.69, 9.17) is 0 Å². The number of rotatable bonds is 6. The summed E-state index contributed by atoms with van der Waals surface area (Å²) in [7, 11) is 1.91. The minimum atomic E-state index is 0.848. The van der Waals surface area contributed by atoms with Crippen LogP contribution < -0.4 is 10.2 Å². The summed E-state index contributed by atoms with van der Waals surface area (Å²) in [6, 6.07) is 24.3. The third-order valence-electron chi connectivity index (χ3n) is 4.00. The van der Waals surface area contributed by atoms with Gasteiger partial charge >= 0.3 is 0 Å². The summed E-state index contributed by atoms with van der Waals surface area (Å²) in [5.74, 6) is 0. The van der Waals surface area contributed by atoms with Gasteiger partial charge in [-0.15, -0.1) is 0 Å². The second kappa shape index (κ2) is 7.45. The van der Waals surface area contributed by atoms with Gasteiger partial charge in [-0.3, -0.25) is 9.98 Å². The molecule has 0 saturated carbocycles. The fourth-order valence-electron chi connectivity index (χ4n) is 2.64. The van der Waals surface area contributed by atoms with Crippen LogP contribution in [-0.2, 0) is 0 Å². The topological polar surface area (TPSA) is 40.0 Å². The Morgan fingerprint density at radius 3 is 1.32 bits per heavy atom. The van der Waals surface area contributed by atoms with E-state index in [1.807, 2.05) is 55.6 Å². The third-order valence-corrected chi connectivity index (χ3v) is 4.00. The van der Waals surface area contributed by atoms with Crippen molar-refractivity contribution in [3.8, 4) is 0 Å². The summed E-state index contributed by atoms with van der Waals surface area (Å²) in [4.78, 5) is 10.1. The molecule has 0 unspecified atom stereocenters. The molecule has 3 aromatic carbocycles. The highest BCUT2D eigenvalue weighted by atomic mass is 15.1. The second-order valence-corrected chi connectivity index (χ2v) is 5.48. The van der Waals surface area contributed by atoms with E-state index >= 15 is 0 Å². The highest BCUT2D eigenvalue weighted by molar-refractivity contribution is 5.78. The minimum absolute atomic E-state index is 0.848. The minimum Gasteiger partial charge on any atom is -0.388 e. The molecule has 25 heavy (non-hydrogen) atoms. The van der Waals surface area contributed by atoms with Crippen molar-refractivity contribution in [2.24, 2.45) is 9.98 Å². The normalized spacial score (nSPS) is 10.1. The highest BCUT2D eigenvalue weighted by Crippen LogP contribution is 2.36. The number of benzene rings is 3. The van der Waals surface area contributed by atoms with Crippen molar-refractivity contribution in [3.05, 3.63) is 72.8 Å². The molecule has 0 amide bonds. The lowest BCUT2D eigenvalue weighted by molar-refractivity contribution is 1.28. The average molecular weight is 328 g/mol. The van der Waals surface area contributed by atoms with Gasteiger partial charge in [0.05, 0.1) is 11.4 Å². The first-order valence-corrected chi connectivity index (χ1v) is 7.96. The zero-order chi connectivity index (χ0) is 17.6. The van der Waals surface area contributed by atoms with E-state index in [-0.39, 0.29) is 0 Å². The number of nitrogens with zero attached hydrogens (tertiary/aromatic N) is 3. The van der Waals surface area contributed by atoms with Crippen LogP contribution in [0.25, 0.3) is 0 Å². The van der Waals surface area contributed by atoms with Crippen LogP contribution in [-0.4, -0.2) is 20.5 Å². The largest absolute Gasteiger partial charge is 0.388 e. The molecular formula is C21H20N4. The Hall–Kier alpha value is -3.40. The van der Waals surface area contributed by atoms with Crippen molar-refractivity contribution >= 4 is 47.6 Å². The summed E-state index contributed by atoms with van der Waals surface area (Å²) in [5, 5.41) is 3.15. The zero-order valence-electron chi connectivity index (χ0n) is 14.2. The predicted octanol–water partition coefficient (Wildman–Crippen LogP) is 5.86. The van der Waals surface area contributed by atoms with E-state index in [1.165, 1.54) is 0 Å². The molecule has 0 aliphatic carbocycles. The van der Waals surface area contributed by atoms with Crippen LogP contribution in [0.5, 0.6) is 0 Å². The molecule has 0 aromatic heterocycles. The van der Waals surface area contributed by atoms with Gasteiger partial charge in [-0.1, -0.05) is 0 Å². The standard InChI is InChI=1S/C21H20N4/c1-22-16-4-10-19(11-5-16)25(20-12-6-17(23-2)7-13-20)21-14-8-18(24-3)9-15-21/h4-15,24H,1-2H2,3H3. The Morgan fingerprint density at radius 1 is 0.640 bits per heavy atom. The molecule has 0 heterocycles. The van der Waals surface area contributed by atoms with E-state index < -0.39 is 0 Å². The Balaban J connectivity index is 2.07. The molecule has 0 bridgehead atoms. The van der Waals surface area contributed by atoms with E-state index in [1.54, 1.807) is 0 Å². The monoisotopic (exact) mass is 328 g/mol. The summed E-state index contributed by atoms with van der Waals surface area (Å²) >= 11 is 0. The van der Waals surface area contributed by atoms with Crippen LogP contribution >= 0.6 is 0 Å². The van der Waals surface area contributed by atoms with Crippen molar-refractivity contribution in [3.63, 3.8) is 0 Å². The van der Waals surface area contributed by atoms with E-state index in [0.717, 1.165) is 34.1 Å². The number of hydrogen-bond donors (Lipinski definition) is 1. The maximum atomic E-state index is 3.97. The fourth-order valence-corrected chi connectivity index (χ4v) is 2.64. The van der Waals surface area contributed by atoms with E-state index in [0.29, 0.717) is 0 Å². The maximum absolute atomic E-state index is 3.97. The van der Waals surface area contributed by atoms with Crippen LogP contribution in [0.15, 0.2) is 82.8 Å². The van der Waals surface area contributed by atoms with Crippen LogP contribution in [0.2, 0.25) is 0 Å². The Labute approximate surface area is 148 Å². The number of nitrogens with one attached hydrogen (secondary N) is 1. The molecule has 3 aromatic rings. The number of anilines is 4. The first-order chi connectivity index (χ1) is 12.2. The quantitative estimate of drug-likeness (QED) is 0.575. The van der Waals surface area contributed by atoms with Gasteiger partial charge < -0.3 is 10.2 Å². The number of hydrogen-bond acceptors (Lipinski definition) is 4. The average Bonchev–Trinajstić information content (AvgIpc) is 2.70. The first kappa shape index (κ1) is 16.5. The van der Waals surface area contributed by atoms with Gasteiger partial charge in [0.25, 0.3) is 0 Å². The van der Waals surface area contributed by atoms with Crippen molar-refractivity contribution in [1.82, 2.24) is 0 Å². The molecule has 4 nitrogen and oxygen atoms in total. The second-order valence-electron chi connectivity index (χ2n) is 5.48. The zero-order valence-corrected chi connectivity index (χ0v) is 14.2. The van der Waals surface area contributed by atoms with E-state index in [9.17, 15) is 0 Å². The van der Waals surface area contributed by atoms with Gasteiger partial charge in [0, 0.05) is 29.8 Å². The number of aliphatic imine (C=N–C) groups is 2.